The molecule has 28 heavy (non-hydrogen) atoms. The zero-order chi connectivity index (χ0) is 19.5. The van der Waals surface area contributed by atoms with Crippen LogP contribution in [0.2, 0.25) is 0 Å². The summed E-state index contributed by atoms with van der Waals surface area (Å²) in [5, 5.41) is 3.89. The fraction of sp³-hybridized carbons (Fsp3) is 0.0455. The summed E-state index contributed by atoms with van der Waals surface area (Å²) in [6.45, 7) is 0. The summed E-state index contributed by atoms with van der Waals surface area (Å²) < 4.78 is 6.75. The van der Waals surface area contributed by atoms with Crippen LogP contribution in [0.4, 0.5) is 5.69 Å². The van der Waals surface area contributed by atoms with Crippen molar-refractivity contribution in [3.63, 3.8) is 0 Å². The Kier molecular flexibility index (Phi) is 4.60. The van der Waals surface area contributed by atoms with Gasteiger partial charge in [0.15, 0.2) is 0 Å². The zero-order valence-electron chi connectivity index (χ0n) is 15.1. The number of nitrogens with zero attached hydrogens (tertiary/aromatic N) is 2. The van der Waals surface area contributed by atoms with Crippen molar-refractivity contribution in [2.75, 3.05) is 12.4 Å². The topological polar surface area (TPSA) is 73.2 Å². The van der Waals surface area contributed by atoms with Crippen LogP contribution in [0.1, 0.15) is 20.8 Å². The second kappa shape index (κ2) is 7.36. The van der Waals surface area contributed by atoms with E-state index in [0.29, 0.717) is 16.9 Å². The predicted octanol–water partition coefficient (Wildman–Crippen LogP) is 4.06. The maximum Gasteiger partial charge on any atom is 0.337 e. The number of pyridine rings is 1. The molecule has 4 aromatic rings. The van der Waals surface area contributed by atoms with Crippen LogP contribution >= 0.6 is 0 Å². The SMILES string of the molecule is COC(=O)c1ccc2ccn(-c3ccccc3NC(=O)c3ccccn3)c2c1. The van der Waals surface area contributed by atoms with Crippen LogP contribution in [0, 0.1) is 0 Å². The number of hydrogen-bond acceptors (Lipinski definition) is 4. The van der Waals surface area contributed by atoms with Crippen LogP contribution in [0.3, 0.4) is 0 Å². The molecule has 1 N–H and O–H groups in total. The Morgan fingerprint density at radius 2 is 1.82 bits per heavy atom. The van der Waals surface area contributed by atoms with E-state index >= 15 is 0 Å². The minimum absolute atomic E-state index is 0.292. The molecule has 0 bridgehead atoms. The molecule has 4 rings (SSSR count). The molecule has 0 aliphatic heterocycles. The number of rotatable bonds is 4. The van der Waals surface area contributed by atoms with Crippen LogP contribution in [-0.2, 0) is 4.74 Å². The van der Waals surface area contributed by atoms with Gasteiger partial charge >= 0.3 is 5.97 Å². The quantitative estimate of drug-likeness (QED) is 0.549. The molecule has 6 heteroatoms. The number of anilines is 1. The Balaban J connectivity index is 1.76. The Labute approximate surface area is 161 Å². The average molecular weight is 371 g/mol. The van der Waals surface area contributed by atoms with Crippen molar-refractivity contribution in [1.29, 1.82) is 0 Å². The lowest BCUT2D eigenvalue weighted by Crippen LogP contribution is -2.15. The fourth-order valence-corrected chi connectivity index (χ4v) is 3.06. The fourth-order valence-electron chi connectivity index (χ4n) is 3.06. The maximum atomic E-state index is 12.5. The highest BCUT2D eigenvalue weighted by atomic mass is 16.5. The van der Waals surface area contributed by atoms with Gasteiger partial charge in [-0.25, -0.2) is 4.79 Å². The van der Waals surface area contributed by atoms with E-state index in [4.69, 9.17) is 4.74 Å². The van der Waals surface area contributed by atoms with Gasteiger partial charge in [0.1, 0.15) is 5.69 Å². The molecule has 138 valence electrons. The third kappa shape index (κ3) is 3.23. The highest BCUT2D eigenvalue weighted by Gasteiger charge is 2.14. The number of amides is 1. The molecule has 0 atom stereocenters. The number of esters is 1. The molecule has 2 aromatic heterocycles. The third-order valence-electron chi connectivity index (χ3n) is 4.42. The van der Waals surface area contributed by atoms with Crippen molar-refractivity contribution in [2.45, 2.75) is 0 Å². The summed E-state index contributed by atoms with van der Waals surface area (Å²) in [5.74, 6) is -0.689. The van der Waals surface area contributed by atoms with Crippen LogP contribution in [-0.4, -0.2) is 28.5 Å². The lowest BCUT2D eigenvalue weighted by atomic mass is 10.1. The molecule has 0 spiro atoms. The van der Waals surface area contributed by atoms with E-state index in [-0.39, 0.29) is 5.91 Å². The number of ether oxygens (including phenoxy) is 1. The van der Waals surface area contributed by atoms with Crippen LogP contribution in [0.5, 0.6) is 0 Å². The highest BCUT2D eigenvalue weighted by molar-refractivity contribution is 6.04. The number of carbonyl (C=O) groups excluding carboxylic acids is 2. The predicted molar refractivity (Wildman–Crippen MR) is 107 cm³/mol. The van der Waals surface area contributed by atoms with E-state index in [0.717, 1.165) is 16.6 Å². The smallest absolute Gasteiger partial charge is 0.337 e. The standard InChI is InChI=1S/C22H17N3O3/c1-28-22(27)16-10-9-15-11-13-25(20(15)14-16)19-8-3-2-6-17(19)24-21(26)18-7-4-5-12-23-18/h2-14H,1H3,(H,24,26). The number of nitrogens with one attached hydrogen (secondary N) is 1. The summed E-state index contributed by atoms with van der Waals surface area (Å²) in [6.07, 6.45) is 3.48. The number of fused-ring (bicyclic) bond motifs is 1. The van der Waals surface area contributed by atoms with E-state index in [1.807, 2.05) is 47.2 Å². The largest absolute Gasteiger partial charge is 0.465 e. The van der Waals surface area contributed by atoms with Crippen molar-refractivity contribution >= 4 is 28.5 Å². The zero-order valence-corrected chi connectivity index (χ0v) is 15.1. The first kappa shape index (κ1) is 17.5. The van der Waals surface area contributed by atoms with Crippen LogP contribution < -0.4 is 5.32 Å². The van der Waals surface area contributed by atoms with E-state index < -0.39 is 5.97 Å². The van der Waals surface area contributed by atoms with Crippen molar-refractivity contribution in [3.05, 3.63) is 90.4 Å². The molecule has 2 aromatic carbocycles. The number of methoxy groups -OCH3 is 1. The van der Waals surface area contributed by atoms with Gasteiger partial charge in [-0.1, -0.05) is 24.3 Å². The molecule has 6 nitrogen and oxygen atoms in total. The molecule has 1 amide bonds. The second-order valence-electron chi connectivity index (χ2n) is 6.14. The molecular weight excluding hydrogens is 354 g/mol. The molecule has 0 unspecified atom stereocenters. The number of hydrogen-bond donors (Lipinski definition) is 1. The lowest BCUT2D eigenvalue weighted by Gasteiger charge is -2.13. The van der Waals surface area contributed by atoms with Gasteiger partial charge in [-0.15, -0.1) is 0 Å². The second-order valence-corrected chi connectivity index (χ2v) is 6.14. The average Bonchev–Trinajstić information content (AvgIpc) is 3.17. The molecule has 0 saturated carbocycles. The molecule has 0 radical (unpaired) electrons. The first-order chi connectivity index (χ1) is 13.7. The monoisotopic (exact) mass is 371 g/mol. The number of para-hydroxylation sites is 2. The Bertz CT molecular complexity index is 1170. The first-order valence-electron chi connectivity index (χ1n) is 8.68. The first-order valence-corrected chi connectivity index (χ1v) is 8.68. The molecule has 0 fully saturated rings. The summed E-state index contributed by atoms with van der Waals surface area (Å²) >= 11 is 0. The van der Waals surface area contributed by atoms with Crippen molar-refractivity contribution in [3.8, 4) is 5.69 Å². The van der Waals surface area contributed by atoms with Crippen molar-refractivity contribution < 1.29 is 14.3 Å². The molecule has 0 aliphatic rings. The minimum atomic E-state index is -0.397. The van der Waals surface area contributed by atoms with Gasteiger partial charge in [0, 0.05) is 12.4 Å². The summed E-state index contributed by atoms with van der Waals surface area (Å²) in [7, 11) is 1.36. The summed E-state index contributed by atoms with van der Waals surface area (Å²) in [4.78, 5) is 28.5. The molecular formula is C22H17N3O3. The van der Waals surface area contributed by atoms with E-state index in [9.17, 15) is 9.59 Å². The minimum Gasteiger partial charge on any atom is -0.465 e. The van der Waals surface area contributed by atoms with Gasteiger partial charge in [0.25, 0.3) is 5.91 Å². The Morgan fingerprint density at radius 3 is 2.61 bits per heavy atom. The van der Waals surface area contributed by atoms with Crippen molar-refractivity contribution in [1.82, 2.24) is 9.55 Å². The van der Waals surface area contributed by atoms with Gasteiger partial charge in [0.2, 0.25) is 0 Å². The van der Waals surface area contributed by atoms with Gasteiger partial charge < -0.3 is 14.6 Å². The number of aromatic nitrogens is 2. The van der Waals surface area contributed by atoms with Crippen molar-refractivity contribution in [2.24, 2.45) is 0 Å². The lowest BCUT2D eigenvalue weighted by molar-refractivity contribution is 0.0600. The number of carbonyl (C=O) groups is 2. The van der Waals surface area contributed by atoms with E-state index in [1.54, 1.807) is 36.5 Å². The number of benzene rings is 2. The Hall–Kier alpha value is -3.93. The van der Waals surface area contributed by atoms with Crippen LogP contribution in [0.15, 0.2) is 79.1 Å². The summed E-state index contributed by atoms with van der Waals surface area (Å²) in [6, 6.07) is 20.0. The van der Waals surface area contributed by atoms with Gasteiger partial charge in [0.05, 0.1) is 29.6 Å². The third-order valence-corrected chi connectivity index (χ3v) is 4.42. The van der Waals surface area contributed by atoms with Gasteiger partial charge in [-0.2, -0.15) is 0 Å². The van der Waals surface area contributed by atoms with Crippen LogP contribution in [0.25, 0.3) is 16.6 Å². The summed E-state index contributed by atoms with van der Waals surface area (Å²) in [5.41, 5.74) is 3.05. The Morgan fingerprint density at radius 1 is 1.00 bits per heavy atom. The molecule has 0 saturated heterocycles. The molecule has 0 aliphatic carbocycles. The van der Waals surface area contributed by atoms with Gasteiger partial charge in [-0.3, -0.25) is 9.78 Å². The van der Waals surface area contributed by atoms with Gasteiger partial charge in [-0.05, 0) is 47.9 Å². The normalized spacial score (nSPS) is 10.6. The van der Waals surface area contributed by atoms with E-state index in [2.05, 4.69) is 10.3 Å². The maximum absolute atomic E-state index is 12.5. The van der Waals surface area contributed by atoms with E-state index in [1.165, 1.54) is 7.11 Å². The highest BCUT2D eigenvalue weighted by Crippen LogP contribution is 2.27. The molecule has 2 heterocycles.